The van der Waals surface area contributed by atoms with Crippen molar-refractivity contribution in [1.82, 2.24) is 9.78 Å². The SMILES string of the molecule is COc1ccccc1NC(=O)c1ccc(NC(=O)/C=C/c2c(C)nn(CC(C)C)c2Cl)cc1. The highest BCUT2D eigenvalue weighted by Crippen LogP contribution is 2.24. The summed E-state index contributed by atoms with van der Waals surface area (Å²) in [6.45, 7) is 6.74. The van der Waals surface area contributed by atoms with Gasteiger partial charge in [-0.25, -0.2) is 0 Å². The second kappa shape index (κ2) is 10.8. The number of methoxy groups -OCH3 is 1. The van der Waals surface area contributed by atoms with E-state index in [9.17, 15) is 9.59 Å². The lowest BCUT2D eigenvalue weighted by Gasteiger charge is -2.10. The molecule has 33 heavy (non-hydrogen) atoms. The van der Waals surface area contributed by atoms with Gasteiger partial charge in [0.15, 0.2) is 0 Å². The van der Waals surface area contributed by atoms with E-state index >= 15 is 0 Å². The van der Waals surface area contributed by atoms with Crippen molar-refractivity contribution in [1.29, 1.82) is 0 Å². The molecule has 0 saturated carbocycles. The molecule has 7 nitrogen and oxygen atoms in total. The number of hydrogen-bond donors (Lipinski definition) is 2. The Kier molecular flexibility index (Phi) is 7.90. The quantitative estimate of drug-likeness (QED) is 0.434. The zero-order valence-electron chi connectivity index (χ0n) is 19.1. The van der Waals surface area contributed by atoms with Gasteiger partial charge < -0.3 is 15.4 Å². The number of nitrogens with zero attached hydrogens (tertiary/aromatic N) is 2. The van der Waals surface area contributed by atoms with Crippen molar-refractivity contribution in [2.75, 3.05) is 17.7 Å². The molecule has 3 rings (SSSR count). The van der Waals surface area contributed by atoms with Crippen molar-refractivity contribution < 1.29 is 14.3 Å². The van der Waals surface area contributed by atoms with Gasteiger partial charge in [0, 0.05) is 29.4 Å². The lowest BCUT2D eigenvalue weighted by molar-refractivity contribution is -0.111. The van der Waals surface area contributed by atoms with Crippen LogP contribution in [0.15, 0.2) is 54.6 Å². The third-order valence-electron chi connectivity index (χ3n) is 4.82. The van der Waals surface area contributed by atoms with E-state index in [-0.39, 0.29) is 11.8 Å². The number of hydrogen-bond acceptors (Lipinski definition) is 4. The summed E-state index contributed by atoms with van der Waals surface area (Å²) in [6.07, 6.45) is 3.07. The Hall–Kier alpha value is -3.58. The van der Waals surface area contributed by atoms with Crippen molar-refractivity contribution in [3.63, 3.8) is 0 Å². The Morgan fingerprint density at radius 3 is 2.48 bits per heavy atom. The fourth-order valence-corrected chi connectivity index (χ4v) is 3.52. The summed E-state index contributed by atoms with van der Waals surface area (Å²) < 4.78 is 6.99. The van der Waals surface area contributed by atoms with Gasteiger partial charge in [-0.1, -0.05) is 37.6 Å². The molecule has 0 atom stereocenters. The number of halogens is 1. The fourth-order valence-electron chi connectivity index (χ4n) is 3.21. The number of nitrogens with one attached hydrogen (secondary N) is 2. The Balaban J connectivity index is 1.62. The average Bonchev–Trinajstić information content (AvgIpc) is 3.04. The first-order valence-electron chi connectivity index (χ1n) is 10.5. The third kappa shape index (κ3) is 6.23. The maximum Gasteiger partial charge on any atom is 0.255 e. The standard InChI is InChI=1S/C25H27ClN4O3/c1-16(2)15-30-24(26)20(17(3)29-30)13-14-23(31)27-19-11-9-18(10-12-19)25(32)28-21-7-5-6-8-22(21)33-4/h5-14,16H,15H2,1-4H3,(H,27,31)(H,28,32)/b14-13+. The number of rotatable bonds is 8. The van der Waals surface area contributed by atoms with Crippen LogP contribution in [-0.4, -0.2) is 28.7 Å². The minimum absolute atomic E-state index is 0.277. The molecule has 0 aliphatic heterocycles. The second-order valence-corrected chi connectivity index (χ2v) is 8.28. The van der Waals surface area contributed by atoms with Crippen LogP contribution >= 0.6 is 11.6 Å². The van der Waals surface area contributed by atoms with Gasteiger partial charge in [0.1, 0.15) is 10.9 Å². The summed E-state index contributed by atoms with van der Waals surface area (Å²) >= 11 is 6.41. The molecule has 2 aromatic carbocycles. The fraction of sp³-hybridized carbons (Fsp3) is 0.240. The highest BCUT2D eigenvalue weighted by molar-refractivity contribution is 6.31. The Morgan fingerprint density at radius 1 is 1.12 bits per heavy atom. The predicted octanol–water partition coefficient (Wildman–Crippen LogP) is 5.41. The number of para-hydroxylation sites is 2. The summed E-state index contributed by atoms with van der Waals surface area (Å²) in [5, 5.41) is 10.5. The summed E-state index contributed by atoms with van der Waals surface area (Å²) in [5.74, 6) is 0.391. The number of anilines is 2. The highest BCUT2D eigenvalue weighted by atomic mass is 35.5. The summed E-state index contributed by atoms with van der Waals surface area (Å²) in [7, 11) is 1.55. The Morgan fingerprint density at radius 2 is 1.82 bits per heavy atom. The van der Waals surface area contributed by atoms with Crippen LogP contribution in [0.5, 0.6) is 5.75 Å². The lowest BCUT2D eigenvalue weighted by atomic mass is 10.2. The van der Waals surface area contributed by atoms with Crippen LogP contribution in [0.4, 0.5) is 11.4 Å². The largest absolute Gasteiger partial charge is 0.495 e. The van der Waals surface area contributed by atoms with E-state index in [0.717, 1.165) is 11.3 Å². The molecule has 0 bridgehead atoms. The number of carbonyl (C=O) groups is 2. The first-order chi connectivity index (χ1) is 15.8. The summed E-state index contributed by atoms with van der Waals surface area (Å²) in [6, 6.07) is 13.8. The lowest BCUT2D eigenvalue weighted by Crippen LogP contribution is -2.13. The normalized spacial score (nSPS) is 11.1. The molecule has 2 amide bonds. The Labute approximate surface area is 198 Å². The molecule has 0 aliphatic rings. The van der Waals surface area contributed by atoms with Gasteiger partial charge in [0.25, 0.3) is 5.91 Å². The molecule has 0 saturated heterocycles. The number of benzene rings is 2. The first-order valence-corrected chi connectivity index (χ1v) is 10.9. The topological polar surface area (TPSA) is 85.2 Å². The number of carbonyl (C=O) groups excluding carboxylic acids is 2. The van der Waals surface area contributed by atoms with Gasteiger partial charge in [-0.2, -0.15) is 5.10 Å². The molecule has 0 unspecified atom stereocenters. The monoisotopic (exact) mass is 466 g/mol. The van der Waals surface area contributed by atoms with Crippen LogP contribution in [0.3, 0.4) is 0 Å². The molecule has 2 N–H and O–H groups in total. The van der Waals surface area contributed by atoms with Crippen molar-refractivity contribution in [3.8, 4) is 5.75 Å². The zero-order chi connectivity index (χ0) is 24.0. The van der Waals surface area contributed by atoms with Gasteiger partial charge in [-0.05, 0) is 55.3 Å². The van der Waals surface area contributed by atoms with E-state index < -0.39 is 0 Å². The van der Waals surface area contributed by atoms with Crippen LogP contribution < -0.4 is 15.4 Å². The summed E-state index contributed by atoms with van der Waals surface area (Å²) in [4.78, 5) is 24.9. The van der Waals surface area contributed by atoms with Crippen LogP contribution in [0.25, 0.3) is 6.08 Å². The third-order valence-corrected chi connectivity index (χ3v) is 5.22. The molecule has 8 heteroatoms. The zero-order valence-corrected chi connectivity index (χ0v) is 19.8. The van der Waals surface area contributed by atoms with Crippen molar-refractivity contribution in [3.05, 3.63) is 76.6 Å². The van der Waals surface area contributed by atoms with E-state index in [1.165, 1.54) is 6.08 Å². The van der Waals surface area contributed by atoms with Gasteiger partial charge in [-0.3, -0.25) is 14.3 Å². The number of aryl methyl sites for hydroxylation is 1. The van der Waals surface area contributed by atoms with E-state index in [1.807, 2.05) is 19.1 Å². The Bertz CT molecular complexity index is 1170. The maximum absolute atomic E-state index is 12.5. The van der Waals surface area contributed by atoms with Gasteiger partial charge in [-0.15, -0.1) is 0 Å². The molecule has 172 valence electrons. The van der Waals surface area contributed by atoms with Crippen LogP contribution in [0, 0.1) is 12.8 Å². The van der Waals surface area contributed by atoms with Gasteiger partial charge in [0.2, 0.25) is 5.91 Å². The molecule has 0 aliphatic carbocycles. The molecule has 0 spiro atoms. The smallest absolute Gasteiger partial charge is 0.255 e. The predicted molar refractivity (Wildman–Crippen MR) is 132 cm³/mol. The van der Waals surface area contributed by atoms with Crippen LogP contribution in [0.2, 0.25) is 5.15 Å². The van der Waals surface area contributed by atoms with Crippen molar-refractivity contribution >= 4 is 40.9 Å². The van der Waals surface area contributed by atoms with Crippen molar-refractivity contribution in [2.45, 2.75) is 27.3 Å². The van der Waals surface area contributed by atoms with E-state index in [1.54, 1.807) is 54.3 Å². The molecule has 0 radical (unpaired) electrons. The van der Waals surface area contributed by atoms with Gasteiger partial charge in [0.05, 0.1) is 18.5 Å². The molecular formula is C25H27ClN4O3. The number of aromatic nitrogens is 2. The van der Waals surface area contributed by atoms with Crippen molar-refractivity contribution in [2.24, 2.45) is 5.92 Å². The highest BCUT2D eigenvalue weighted by Gasteiger charge is 2.13. The average molecular weight is 467 g/mol. The molecule has 0 fully saturated rings. The minimum Gasteiger partial charge on any atom is -0.495 e. The second-order valence-electron chi connectivity index (χ2n) is 7.92. The summed E-state index contributed by atoms with van der Waals surface area (Å²) in [5.41, 5.74) is 3.08. The molecule has 1 heterocycles. The van der Waals surface area contributed by atoms with Crippen LogP contribution in [0.1, 0.15) is 35.5 Å². The van der Waals surface area contributed by atoms with E-state index in [0.29, 0.717) is 40.3 Å². The van der Waals surface area contributed by atoms with Gasteiger partial charge >= 0.3 is 0 Å². The van der Waals surface area contributed by atoms with E-state index in [4.69, 9.17) is 16.3 Å². The first kappa shape index (κ1) is 24.1. The number of amides is 2. The van der Waals surface area contributed by atoms with Crippen LogP contribution in [-0.2, 0) is 11.3 Å². The number of ether oxygens (including phenoxy) is 1. The van der Waals surface area contributed by atoms with E-state index in [2.05, 4.69) is 29.6 Å². The molecule has 1 aromatic heterocycles. The maximum atomic E-state index is 12.5. The minimum atomic E-state index is -0.312. The molecule has 3 aromatic rings. The molecular weight excluding hydrogens is 440 g/mol.